The molecule has 1 atom stereocenters. The average Bonchev–Trinajstić information content (AvgIpc) is 3.15. The van der Waals surface area contributed by atoms with Crippen LogP contribution < -0.4 is 4.74 Å². The van der Waals surface area contributed by atoms with Gasteiger partial charge in [-0.1, -0.05) is 18.2 Å². The number of likely N-dealkylation sites (N-methyl/N-ethyl adjacent to an activating group) is 1. The van der Waals surface area contributed by atoms with Gasteiger partial charge in [-0.05, 0) is 33.0 Å². The van der Waals surface area contributed by atoms with Crippen molar-refractivity contribution in [3.05, 3.63) is 48.0 Å². The fourth-order valence-electron chi connectivity index (χ4n) is 3.72. The molecule has 6 nitrogen and oxygen atoms in total. The number of methoxy groups -OCH3 is 1. The van der Waals surface area contributed by atoms with E-state index in [1.807, 2.05) is 35.4 Å². The van der Waals surface area contributed by atoms with Crippen molar-refractivity contribution in [3.8, 4) is 5.75 Å². The van der Waals surface area contributed by atoms with Crippen LogP contribution in [0.5, 0.6) is 5.75 Å². The van der Waals surface area contributed by atoms with Crippen LogP contribution in [0.4, 0.5) is 0 Å². The maximum atomic E-state index is 12.9. The van der Waals surface area contributed by atoms with Crippen molar-refractivity contribution >= 4 is 5.91 Å². The predicted octanol–water partition coefficient (Wildman–Crippen LogP) is 2.40. The van der Waals surface area contributed by atoms with Crippen molar-refractivity contribution < 1.29 is 9.53 Å². The van der Waals surface area contributed by atoms with Crippen molar-refractivity contribution in [2.75, 3.05) is 40.8 Å². The molecular weight excluding hydrogens is 340 g/mol. The summed E-state index contributed by atoms with van der Waals surface area (Å²) in [5, 5.41) is 0. The van der Waals surface area contributed by atoms with Gasteiger partial charge < -0.3 is 19.1 Å². The van der Waals surface area contributed by atoms with E-state index in [9.17, 15) is 4.79 Å². The lowest BCUT2D eigenvalue weighted by atomic mass is 9.96. The van der Waals surface area contributed by atoms with E-state index in [1.54, 1.807) is 7.11 Å². The van der Waals surface area contributed by atoms with E-state index in [-0.39, 0.29) is 5.91 Å². The minimum Gasteiger partial charge on any atom is -0.496 e. The maximum Gasteiger partial charge on any atom is 0.227 e. The Balaban J connectivity index is 1.66. The lowest BCUT2D eigenvalue weighted by Crippen LogP contribution is -2.40. The molecule has 1 aromatic carbocycles. The highest BCUT2D eigenvalue weighted by atomic mass is 16.5. The standard InChI is InChI=1S/C21H30N4O2/c1-23(2)13-14-24-12-10-22-21(24)18-8-6-11-25(16-18)20(26)15-17-7-4-5-9-19(17)27-3/h4-5,7,9-10,12,18H,6,8,11,13-16H2,1-3H3/t18-/m0/s1. The highest BCUT2D eigenvalue weighted by Crippen LogP contribution is 2.27. The molecule has 0 spiro atoms. The maximum absolute atomic E-state index is 12.9. The zero-order valence-corrected chi connectivity index (χ0v) is 16.6. The number of ether oxygens (including phenoxy) is 1. The summed E-state index contributed by atoms with van der Waals surface area (Å²) in [4.78, 5) is 21.7. The van der Waals surface area contributed by atoms with E-state index in [0.717, 1.165) is 56.2 Å². The van der Waals surface area contributed by atoms with Crippen LogP contribution in [0.3, 0.4) is 0 Å². The predicted molar refractivity (Wildman–Crippen MR) is 106 cm³/mol. The van der Waals surface area contributed by atoms with Crippen molar-refractivity contribution in [3.63, 3.8) is 0 Å². The van der Waals surface area contributed by atoms with E-state index >= 15 is 0 Å². The summed E-state index contributed by atoms with van der Waals surface area (Å²) < 4.78 is 7.62. The van der Waals surface area contributed by atoms with E-state index in [4.69, 9.17) is 4.74 Å². The number of carbonyl (C=O) groups is 1. The molecule has 2 heterocycles. The van der Waals surface area contributed by atoms with Crippen LogP contribution in [-0.2, 0) is 17.8 Å². The number of carbonyl (C=O) groups excluding carboxylic acids is 1. The monoisotopic (exact) mass is 370 g/mol. The van der Waals surface area contributed by atoms with Crippen molar-refractivity contribution in [1.29, 1.82) is 0 Å². The molecule has 0 saturated carbocycles. The number of hydrogen-bond donors (Lipinski definition) is 0. The Bertz CT molecular complexity index is 756. The van der Waals surface area contributed by atoms with Crippen LogP contribution in [0, 0.1) is 0 Å². The lowest BCUT2D eigenvalue weighted by Gasteiger charge is -2.33. The number of aromatic nitrogens is 2. The van der Waals surface area contributed by atoms with E-state index in [1.165, 1.54) is 0 Å². The zero-order chi connectivity index (χ0) is 19.2. The summed E-state index contributed by atoms with van der Waals surface area (Å²) in [5.41, 5.74) is 0.944. The molecule has 0 unspecified atom stereocenters. The summed E-state index contributed by atoms with van der Waals surface area (Å²) >= 11 is 0. The Morgan fingerprint density at radius 3 is 2.93 bits per heavy atom. The average molecular weight is 370 g/mol. The number of para-hydroxylation sites is 1. The molecule has 1 amide bonds. The minimum absolute atomic E-state index is 0.163. The number of likely N-dealkylation sites (tertiary alicyclic amines) is 1. The third kappa shape index (κ3) is 4.89. The van der Waals surface area contributed by atoms with Gasteiger partial charge in [0.25, 0.3) is 0 Å². The van der Waals surface area contributed by atoms with Crippen LogP contribution in [0.25, 0.3) is 0 Å². The van der Waals surface area contributed by atoms with E-state index in [0.29, 0.717) is 12.3 Å². The van der Waals surface area contributed by atoms with Crippen LogP contribution in [-0.4, -0.2) is 66.1 Å². The van der Waals surface area contributed by atoms with Crippen LogP contribution in [0.1, 0.15) is 30.1 Å². The molecule has 1 aliphatic rings. The molecule has 1 aliphatic heterocycles. The van der Waals surface area contributed by atoms with Gasteiger partial charge in [-0.2, -0.15) is 0 Å². The minimum atomic E-state index is 0.163. The number of nitrogens with zero attached hydrogens (tertiary/aromatic N) is 4. The quantitative estimate of drug-likeness (QED) is 0.751. The molecule has 3 rings (SSSR count). The SMILES string of the molecule is COc1ccccc1CC(=O)N1CCC[C@H](c2nccn2CCN(C)C)C1. The van der Waals surface area contributed by atoms with Gasteiger partial charge >= 0.3 is 0 Å². The largest absolute Gasteiger partial charge is 0.496 e. The molecule has 6 heteroatoms. The second-order valence-electron chi connectivity index (χ2n) is 7.45. The molecule has 0 aliphatic carbocycles. The zero-order valence-electron chi connectivity index (χ0n) is 16.6. The summed E-state index contributed by atoms with van der Waals surface area (Å²) in [6.45, 7) is 3.47. The Morgan fingerprint density at radius 2 is 2.15 bits per heavy atom. The van der Waals surface area contributed by atoms with Gasteiger partial charge in [-0.3, -0.25) is 4.79 Å². The normalized spacial score (nSPS) is 17.3. The molecule has 0 N–H and O–H groups in total. The van der Waals surface area contributed by atoms with Gasteiger partial charge in [0.1, 0.15) is 11.6 Å². The van der Waals surface area contributed by atoms with Gasteiger partial charge in [-0.25, -0.2) is 4.98 Å². The number of benzene rings is 1. The third-order valence-electron chi connectivity index (χ3n) is 5.21. The van der Waals surface area contributed by atoms with Crippen LogP contribution in [0.2, 0.25) is 0 Å². The molecule has 0 radical (unpaired) electrons. The Morgan fingerprint density at radius 1 is 1.33 bits per heavy atom. The number of imidazole rings is 1. The second kappa shape index (κ2) is 9.04. The first-order valence-corrected chi connectivity index (χ1v) is 9.64. The first-order valence-electron chi connectivity index (χ1n) is 9.64. The highest BCUT2D eigenvalue weighted by molar-refractivity contribution is 5.79. The lowest BCUT2D eigenvalue weighted by molar-refractivity contribution is -0.131. The molecule has 2 aromatic rings. The van der Waals surface area contributed by atoms with Gasteiger partial charge in [0.2, 0.25) is 5.91 Å². The molecule has 1 saturated heterocycles. The number of hydrogen-bond acceptors (Lipinski definition) is 4. The van der Waals surface area contributed by atoms with Crippen molar-refractivity contribution in [2.45, 2.75) is 31.7 Å². The first kappa shape index (κ1) is 19.4. The topological polar surface area (TPSA) is 50.6 Å². The third-order valence-corrected chi connectivity index (χ3v) is 5.21. The Kier molecular flexibility index (Phi) is 6.50. The van der Waals surface area contributed by atoms with Crippen molar-refractivity contribution in [1.82, 2.24) is 19.4 Å². The van der Waals surface area contributed by atoms with Gasteiger partial charge in [-0.15, -0.1) is 0 Å². The van der Waals surface area contributed by atoms with Gasteiger partial charge in [0.15, 0.2) is 0 Å². The molecular formula is C21H30N4O2. The first-order chi connectivity index (χ1) is 13.1. The summed E-state index contributed by atoms with van der Waals surface area (Å²) in [6, 6.07) is 7.75. The highest BCUT2D eigenvalue weighted by Gasteiger charge is 2.27. The van der Waals surface area contributed by atoms with Crippen LogP contribution in [0.15, 0.2) is 36.7 Å². The van der Waals surface area contributed by atoms with E-state index < -0.39 is 0 Å². The van der Waals surface area contributed by atoms with Gasteiger partial charge in [0, 0.05) is 50.1 Å². The fraction of sp³-hybridized carbons (Fsp3) is 0.524. The molecule has 1 aromatic heterocycles. The summed E-state index contributed by atoms with van der Waals surface area (Å²) in [6.07, 6.45) is 6.40. The summed E-state index contributed by atoms with van der Waals surface area (Å²) in [7, 11) is 5.80. The Labute approximate surface area is 161 Å². The molecule has 27 heavy (non-hydrogen) atoms. The van der Waals surface area contributed by atoms with Gasteiger partial charge in [0.05, 0.1) is 13.5 Å². The summed E-state index contributed by atoms with van der Waals surface area (Å²) in [5.74, 6) is 2.35. The van der Waals surface area contributed by atoms with E-state index in [2.05, 4.69) is 34.7 Å². The van der Waals surface area contributed by atoms with Crippen molar-refractivity contribution in [2.24, 2.45) is 0 Å². The Hall–Kier alpha value is -2.34. The fourth-order valence-corrected chi connectivity index (χ4v) is 3.72. The van der Waals surface area contributed by atoms with Crippen LogP contribution >= 0.6 is 0 Å². The molecule has 0 bridgehead atoms. The number of piperidine rings is 1. The smallest absolute Gasteiger partial charge is 0.227 e. The molecule has 1 fully saturated rings. The molecule has 146 valence electrons. The second-order valence-corrected chi connectivity index (χ2v) is 7.45. The number of rotatable bonds is 7. The number of amides is 1.